The summed E-state index contributed by atoms with van der Waals surface area (Å²) in [6.45, 7) is 8.06. The van der Waals surface area contributed by atoms with Gasteiger partial charge in [-0.25, -0.2) is 0 Å². The maximum absolute atomic E-state index is 5.45. The summed E-state index contributed by atoms with van der Waals surface area (Å²) >= 11 is 0. The molecule has 0 aliphatic rings. The van der Waals surface area contributed by atoms with Gasteiger partial charge in [-0.3, -0.25) is 0 Å². The van der Waals surface area contributed by atoms with Gasteiger partial charge in [-0.15, -0.1) is 0 Å². The number of hydrogen-bond acceptors (Lipinski definition) is 3. The lowest BCUT2D eigenvalue weighted by molar-refractivity contribution is 0.0771. The Morgan fingerprint density at radius 3 is 2.33 bits per heavy atom. The Balaban J connectivity index is 2.87. The van der Waals surface area contributed by atoms with Crippen molar-refractivity contribution in [3.8, 4) is 0 Å². The second kappa shape index (κ2) is 12.0. The molecule has 3 heteroatoms. The van der Waals surface area contributed by atoms with Gasteiger partial charge in [0.15, 0.2) is 0 Å². The van der Waals surface area contributed by atoms with Gasteiger partial charge < -0.3 is 15.8 Å². The minimum absolute atomic E-state index is 0.362. The first-order valence-corrected chi connectivity index (χ1v) is 6.29. The van der Waals surface area contributed by atoms with Crippen LogP contribution in [0.1, 0.15) is 46.0 Å². The molecule has 0 amide bonds. The molecule has 0 unspecified atom stereocenters. The van der Waals surface area contributed by atoms with Crippen LogP contribution in [-0.2, 0) is 4.74 Å². The zero-order valence-corrected chi connectivity index (χ0v) is 10.4. The van der Waals surface area contributed by atoms with E-state index in [1.54, 1.807) is 0 Å². The summed E-state index contributed by atoms with van der Waals surface area (Å²) in [4.78, 5) is 0. The van der Waals surface area contributed by atoms with Crippen LogP contribution in [0, 0.1) is 0 Å². The zero-order chi connectivity index (χ0) is 11.4. The van der Waals surface area contributed by atoms with Crippen molar-refractivity contribution in [3.63, 3.8) is 0 Å². The normalized spacial score (nSPS) is 11.2. The fraction of sp³-hybridized carbons (Fsp3) is 1.00. The molecular weight excluding hydrogens is 188 g/mol. The molecule has 0 radical (unpaired) electrons. The van der Waals surface area contributed by atoms with Crippen molar-refractivity contribution in [2.75, 3.05) is 26.2 Å². The highest BCUT2D eigenvalue weighted by molar-refractivity contribution is 4.50. The highest BCUT2D eigenvalue weighted by Crippen LogP contribution is 1.97. The van der Waals surface area contributed by atoms with E-state index in [0.717, 1.165) is 32.7 Å². The molecule has 0 spiro atoms. The fourth-order valence-electron chi connectivity index (χ4n) is 1.39. The van der Waals surface area contributed by atoms with Crippen molar-refractivity contribution >= 4 is 0 Å². The van der Waals surface area contributed by atoms with E-state index in [1.165, 1.54) is 25.7 Å². The van der Waals surface area contributed by atoms with Gasteiger partial charge in [0.1, 0.15) is 0 Å². The summed E-state index contributed by atoms with van der Waals surface area (Å²) in [5.74, 6) is 0. The first kappa shape index (κ1) is 14.9. The lowest BCUT2D eigenvalue weighted by Gasteiger charge is -2.08. The summed E-state index contributed by atoms with van der Waals surface area (Å²) in [7, 11) is 0. The second-order valence-electron chi connectivity index (χ2n) is 4.23. The molecule has 0 heterocycles. The molecule has 3 N–H and O–H groups in total. The van der Waals surface area contributed by atoms with E-state index in [1.807, 2.05) is 0 Å². The number of nitrogens with two attached hydrogens (primary N) is 1. The van der Waals surface area contributed by atoms with Gasteiger partial charge in [0.05, 0.1) is 6.10 Å². The van der Waals surface area contributed by atoms with Gasteiger partial charge in [0.25, 0.3) is 0 Å². The summed E-state index contributed by atoms with van der Waals surface area (Å²) < 4.78 is 5.45. The van der Waals surface area contributed by atoms with E-state index >= 15 is 0 Å². The molecule has 0 aromatic heterocycles. The summed E-state index contributed by atoms with van der Waals surface area (Å²) in [5, 5.41) is 3.42. The Kier molecular flexibility index (Phi) is 11.9. The van der Waals surface area contributed by atoms with Crippen LogP contribution in [0.15, 0.2) is 0 Å². The monoisotopic (exact) mass is 216 g/mol. The van der Waals surface area contributed by atoms with Crippen LogP contribution in [0.3, 0.4) is 0 Å². The molecule has 0 atom stereocenters. The van der Waals surface area contributed by atoms with E-state index < -0.39 is 0 Å². The average Bonchev–Trinajstić information content (AvgIpc) is 2.20. The van der Waals surface area contributed by atoms with Crippen LogP contribution in [0.4, 0.5) is 0 Å². The van der Waals surface area contributed by atoms with Gasteiger partial charge in [-0.2, -0.15) is 0 Å². The third-order valence-electron chi connectivity index (χ3n) is 2.26. The molecule has 92 valence electrons. The molecule has 0 saturated heterocycles. The maximum atomic E-state index is 5.45. The number of ether oxygens (including phenoxy) is 1. The van der Waals surface area contributed by atoms with E-state index in [-0.39, 0.29) is 0 Å². The third kappa shape index (κ3) is 13.9. The number of unbranched alkanes of at least 4 members (excludes halogenated alkanes) is 3. The van der Waals surface area contributed by atoms with Crippen LogP contribution in [0.25, 0.3) is 0 Å². The van der Waals surface area contributed by atoms with Gasteiger partial charge in [0, 0.05) is 6.61 Å². The SMILES string of the molecule is CC(C)OCCCNCCCCCCN. The minimum atomic E-state index is 0.362. The van der Waals surface area contributed by atoms with Crippen LogP contribution in [0.2, 0.25) is 0 Å². The molecule has 0 saturated carbocycles. The number of nitrogens with one attached hydrogen (secondary N) is 1. The smallest absolute Gasteiger partial charge is 0.0518 e. The van der Waals surface area contributed by atoms with Crippen LogP contribution >= 0.6 is 0 Å². The summed E-state index contributed by atoms with van der Waals surface area (Å²) in [6.07, 6.45) is 6.48. The van der Waals surface area contributed by atoms with Gasteiger partial charge >= 0.3 is 0 Å². The Morgan fingerprint density at radius 1 is 1.00 bits per heavy atom. The Labute approximate surface area is 94.8 Å². The van der Waals surface area contributed by atoms with Crippen molar-refractivity contribution < 1.29 is 4.74 Å². The predicted molar refractivity (Wildman–Crippen MR) is 66.1 cm³/mol. The quantitative estimate of drug-likeness (QED) is 0.519. The van der Waals surface area contributed by atoms with Gasteiger partial charge in [-0.1, -0.05) is 12.8 Å². The molecule has 15 heavy (non-hydrogen) atoms. The second-order valence-corrected chi connectivity index (χ2v) is 4.23. The largest absolute Gasteiger partial charge is 0.379 e. The molecule has 0 bridgehead atoms. The summed E-state index contributed by atoms with van der Waals surface area (Å²) in [6, 6.07) is 0. The van der Waals surface area contributed by atoms with Crippen molar-refractivity contribution in [3.05, 3.63) is 0 Å². The van der Waals surface area contributed by atoms with Crippen LogP contribution in [0.5, 0.6) is 0 Å². The van der Waals surface area contributed by atoms with E-state index in [2.05, 4.69) is 19.2 Å². The first-order chi connectivity index (χ1) is 7.27. The lowest BCUT2D eigenvalue weighted by atomic mass is 10.2. The van der Waals surface area contributed by atoms with Crippen LogP contribution < -0.4 is 11.1 Å². The van der Waals surface area contributed by atoms with Gasteiger partial charge in [-0.05, 0) is 52.7 Å². The zero-order valence-electron chi connectivity index (χ0n) is 10.4. The van der Waals surface area contributed by atoms with E-state index in [9.17, 15) is 0 Å². The van der Waals surface area contributed by atoms with Crippen molar-refractivity contribution in [1.82, 2.24) is 5.32 Å². The van der Waals surface area contributed by atoms with Crippen molar-refractivity contribution in [2.45, 2.75) is 52.1 Å². The van der Waals surface area contributed by atoms with Crippen LogP contribution in [-0.4, -0.2) is 32.3 Å². The molecule has 0 rings (SSSR count). The molecule has 0 fully saturated rings. The lowest BCUT2D eigenvalue weighted by Crippen LogP contribution is -2.18. The Hall–Kier alpha value is -0.120. The fourth-order valence-corrected chi connectivity index (χ4v) is 1.39. The molecule has 3 nitrogen and oxygen atoms in total. The van der Waals surface area contributed by atoms with E-state index in [4.69, 9.17) is 10.5 Å². The van der Waals surface area contributed by atoms with Gasteiger partial charge in [0.2, 0.25) is 0 Å². The first-order valence-electron chi connectivity index (χ1n) is 6.29. The third-order valence-corrected chi connectivity index (χ3v) is 2.26. The molecule has 0 aliphatic carbocycles. The number of rotatable bonds is 11. The highest BCUT2D eigenvalue weighted by atomic mass is 16.5. The highest BCUT2D eigenvalue weighted by Gasteiger charge is 1.93. The molecule has 0 aliphatic heterocycles. The number of hydrogen-bond donors (Lipinski definition) is 2. The van der Waals surface area contributed by atoms with Crippen molar-refractivity contribution in [1.29, 1.82) is 0 Å². The minimum Gasteiger partial charge on any atom is -0.379 e. The topological polar surface area (TPSA) is 47.3 Å². The maximum Gasteiger partial charge on any atom is 0.0518 e. The summed E-state index contributed by atoms with van der Waals surface area (Å²) in [5.41, 5.74) is 5.42. The Morgan fingerprint density at radius 2 is 1.67 bits per heavy atom. The molecule has 0 aromatic rings. The standard InChI is InChI=1S/C12H28N2O/c1-12(2)15-11-7-10-14-9-6-4-3-5-8-13/h12,14H,3-11,13H2,1-2H3. The molecule has 0 aromatic carbocycles. The Bertz CT molecular complexity index is 118. The van der Waals surface area contributed by atoms with Crippen molar-refractivity contribution in [2.24, 2.45) is 5.73 Å². The predicted octanol–water partition coefficient (Wildman–Crippen LogP) is 1.91. The average molecular weight is 216 g/mol. The molecular formula is C12H28N2O. The van der Waals surface area contributed by atoms with E-state index in [0.29, 0.717) is 6.10 Å².